The van der Waals surface area contributed by atoms with E-state index in [0.29, 0.717) is 12.0 Å². The first-order valence-electron chi connectivity index (χ1n) is 7.73. The molecule has 0 saturated heterocycles. The summed E-state index contributed by atoms with van der Waals surface area (Å²) in [6.07, 6.45) is 4.85. The molecule has 21 heavy (non-hydrogen) atoms. The highest BCUT2D eigenvalue weighted by molar-refractivity contribution is 6.30. The maximum absolute atomic E-state index is 5.99. The summed E-state index contributed by atoms with van der Waals surface area (Å²) in [5.74, 6) is 0.656. The van der Waals surface area contributed by atoms with Crippen LogP contribution < -0.4 is 0 Å². The minimum Gasteiger partial charge on any atom is -0.281 e. The van der Waals surface area contributed by atoms with Crippen molar-refractivity contribution in [3.63, 3.8) is 0 Å². The standard InChI is InChI=1S/C19H18ClN/c20-16-10-7-14(8-11-16)18-12-9-15-6-5-13-3-1-2-4-17(13)19(15)21-18/h1-4,7-8,10-11,15,18H,5-6,9,12H2. The molecule has 0 spiro atoms. The molecule has 0 aromatic heterocycles. The van der Waals surface area contributed by atoms with Crippen molar-refractivity contribution in [2.45, 2.75) is 31.7 Å². The first-order chi connectivity index (χ1) is 10.3. The van der Waals surface area contributed by atoms with Crippen LogP contribution in [0.5, 0.6) is 0 Å². The van der Waals surface area contributed by atoms with E-state index in [1.165, 1.54) is 41.7 Å². The van der Waals surface area contributed by atoms with Crippen LogP contribution in [0.15, 0.2) is 53.5 Å². The summed E-state index contributed by atoms with van der Waals surface area (Å²) < 4.78 is 0. The number of fused-ring (bicyclic) bond motifs is 3. The van der Waals surface area contributed by atoms with Gasteiger partial charge in [0, 0.05) is 16.7 Å². The molecule has 2 atom stereocenters. The third-order valence-corrected chi connectivity index (χ3v) is 5.03. The van der Waals surface area contributed by atoms with Crippen molar-refractivity contribution in [2.75, 3.05) is 0 Å². The number of benzene rings is 2. The molecule has 1 heterocycles. The number of aryl methyl sites for hydroxylation is 1. The molecule has 0 N–H and O–H groups in total. The minimum atomic E-state index is 0.291. The second kappa shape index (κ2) is 5.31. The molecule has 0 bridgehead atoms. The molecular formula is C19H18ClN. The predicted molar refractivity (Wildman–Crippen MR) is 88.2 cm³/mol. The average Bonchev–Trinajstić information content (AvgIpc) is 2.55. The summed E-state index contributed by atoms with van der Waals surface area (Å²) in [6, 6.07) is 17.2. The number of hydrogen-bond acceptors (Lipinski definition) is 1. The van der Waals surface area contributed by atoms with E-state index in [-0.39, 0.29) is 0 Å². The fraction of sp³-hybridized carbons (Fsp3) is 0.316. The first-order valence-corrected chi connectivity index (χ1v) is 8.10. The van der Waals surface area contributed by atoms with Crippen molar-refractivity contribution < 1.29 is 0 Å². The molecular weight excluding hydrogens is 278 g/mol. The van der Waals surface area contributed by atoms with Crippen LogP contribution in [0.3, 0.4) is 0 Å². The lowest BCUT2D eigenvalue weighted by molar-refractivity contribution is 0.469. The Morgan fingerprint density at radius 1 is 0.905 bits per heavy atom. The van der Waals surface area contributed by atoms with Gasteiger partial charge in [-0.2, -0.15) is 0 Å². The summed E-state index contributed by atoms with van der Waals surface area (Å²) in [5.41, 5.74) is 5.47. The van der Waals surface area contributed by atoms with Crippen LogP contribution in [0, 0.1) is 5.92 Å². The number of rotatable bonds is 1. The van der Waals surface area contributed by atoms with E-state index in [1.54, 1.807) is 0 Å². The predicted octanol–water partition coefficient (Wildman–Crippen LogP) is 5.23. The third-order valence-electron chi connectivity index (χ3n) is 4.78. The molecule has 106 valence electrons. The van der Waals surface area contributed by atoms with Gasteiger partial charge in [-0.05, 0) is 54.5 Å². The van der Waals surface area contributed by atoms with E-state index >= 15 is 0 Å². The maximum atomic E-state index is 5.99. The molecule has 4 rings (SSSR count). The maximum Gasteiger partial charge on any atom is 0.0752 e. The SMILES string of the molecule is Clc1ccc(C2CCC3CCc4ccccc4C3=N2)cc1. The van der Waals surface area contributed by atoms with Crippen LogP contribution >= 0.6 is 11.6 Å². The van der Waals surface area contributed by atoms with E-state index in [1.807, 2.05) is 12.1 Å². The molecule has 1 aliphatic heterocycles. The summed E-state index contributed by atoms with van der Waals surface area (Å²) in [6.45, 7) is 0. The van der Waals surface area contributed by atoms with Gasteiger partial charge < -0.3 is 0 Å². The Morgan fingerprint density at radius 3 is 2.57 bits per heavy atom. The Bertz CT molecular complexity index is 687. The monoisotopic (exact) mass is 295 g/mol. The Labute approximate surface area is 130 Å². The highest BCUT2D eigenvalue weighted by Gasteiger charge is 2.30. The quantitative estimate of drug-likeness (QED) is 0.683. The zero-order valence-electron chi connectivity index (χ0n) is 11.9. The first kappa shape index (κ1) is 13.1. The van der Waals surface area contributed by atoms with Gasteiger partial charge in [-0.25, -0.2) is 0 Å². The highest BCUT2D eigenvalue weighted by atomic mass is 35.5. The fourth-order valence-corrected chi connectivity index (χ4v) is 3.77. The van der Waals surface area contributed by atoms with Gasteiger partial charge in [0.15, 0.2) is 0 Å². The van der Waals surface area contributed by atoms with Gasteiger partial charge in [0.1, 0.15) is 0 Å². The van der Waals surface area contributed by atoms with Gasteiger partial charge in [0.2, 0.25) is 0 Å². The van der Waals surface area contributed by atoms with E-state index in [2.05, 4.69) is 36.4 Å². The summed E-state index contributed by atoms with van der Waals surface area (Å²) >= 11 is 5.99. The molecule has 0 amide bonds. The second-order valence-electron chi connectivity index (χ2n) is 6.05. The number of hydrogen-bond donors (Lipinski definition) is 0. The molecule has 2 unspecified atom stereocenters. The lowest BCUT2D eigenvalue weighted by Crippen LogP contribution is -2.27. The Balaban J connectivity index is 1.74. The topological polar surface area (TPSA) is 12.4 Å². The molecule has 2 aromatic carbocycles. The zero-order valence-corrected chi connectivity index (χ0v) is 12.7. The van der Waals surface area contributed by atoms with Crippen molar-refractivity contribution in [3.8, 4) is 0 Å². The van der Waals surface area contributed by atoms with Crippen LogP contribution in [0.25, 0.3) is 0 Å². The Morgan fingerprint density at radius 2 is 1.71 bits per heavy atom. The van der Waals surface area contributed by atoms with E-state index in [0.717, 1.165) is 11.4 Å². The van der Waals surface area contributed by atoms with E-state index in [4.69, 9.17) is 16.6 Å². The van der Waals surface area contributed by atoms with Crippen LogP contribution in [0.2, 0.25) is 5.02 Å². The molecule has 1 aliphatic carbocycles. The van der Waals surface area contributed by atoms with Gasteiger partial charge in [0.25, 0.3) is 0 Å². The minimum absolute atomic E-state index is 0.291. The molecule has 2 aliphatic rings. The van der Waals surface area contributed by atoms with Gasteiger partial charge in [0.05, 0.1) is 6.04 Å². The highest BCUT2D eigenvalue weighted by Crippen LogP contribution is 2.38. The van der Waals surface area contributed by atoms with Crippen LogP contribution in [0.1, 0.15) is 42.0 Å². The number of aliphatic imine (C=N–C) groups is 1. The van der Waals surface area contributed by atoms with Crippen LogP contribution in [0.4, 0.5) is 0 Å². The van der Waals surface area contributed by atoms with Gasteiger partial charge in [-0.1, -0.05) is 48.0 Å². The third kappa shape index (κ3) is 2.40. The largest absolute Gasteiger partial charge is 0.281 e. The molecule has 0 saturated carbocycles. The smallest absolute Gasteiger partial charge is 0.0752 e. The Kier molecular flexibility index (Phi) is 3.31. The van der Waals surface area contributed by atoms with Crippen LogP contribution in [-0.2, 0) is 6.42 Å². The zero-order chi connectivity index (χ0) is 14.2. The molecule has 0 radical (unpaired) electrons. The molecule has 2 aromatic rings. The van der Waals surface area contributed by atoms with Crippen molar-refractivity contribution in [2.24, 2.45) is 10.9 Å². The summed E-state index contributed by atoms with van der Waals surface area (Å²) in [5, 5.41) is 0.795. The van der Waals surface area contributed by atoms with E-state index < -0.39 is 0 Å². The van der Waals surface area contributed by atoms with Gasteiger partial charge >= 0.3 is 0 Å². The van der Waals surface area contributed by atoms with Crippen molar-refractivity contribution >= 4 is 17.3 Å². The second-order valence-corrected chi connectivity index (χ2v) is 6.49. The van der Waals surface area contributed by atoms with Crippen LogP contribution in [-0.4, -0.2) is 5.71 Å². The fourth-order valence-electron chi connectivity index (χ4n) is 3.65. The summed E-state index contributed by atoms with van der Waals surface area (Å²) in [7, 11) is 0. The van der Waals surface area contributed by atoms with Gasteiger partial charge in [-0.15, -0.1) is 0 Å². The van der Waals surface area contributed by atoms with Crippen molar-refractivity contribution in [3.05, 3.63) is 70.2 Å². The number of halogens is 1. The molecule has 0 fully saturated rings. The normalized spacial score (nSPS) is 24.0. The van der Waals surface area contributed by atoms with Crippen molar-refractivity contribution in [1.82, 2.24) is 0 Å². The Hall–Kier alpha value is -1.60. The average molecular weight is 296 g/mol. The molecule has 1 nitrogen and oxygen atoms in total. The molecule has 2 heteroatoms. The van der Waals surface area contributed by atoms with E-state index in [9.17, 15) is 0 Å². The lowest BCUT2D eigenvalue weighted by atomic mass is 9.77. The van der Waals surface area contributed by atoms with Gasteiger partial charge in [-0.3, -0.25) is 4.99 Å². The lowest BCUT2D eigenvalue weighted by Gasteiger charge is -2.33. The summed E-state index contributed by atoms with van der Waals surface area (Å²) in [4.78, 5) is 5.12. The number of nitrogens with zero attached hydrogens (tertiary/aromatic N) is 1. The van der Waals surface area contributed by atoms with Crippen molar-refractivity contribution in [1.29, 1.82) is 0 Å².